The van der Waals surface area contributed by atoms with Crippen molar-refractivity contribution in [3.8, 4) is 5.75 Å². The molecule has 0 saturated carbocycles. The third-order valence-electron chi connectivity index (χ3n) is 3.98. The molecule has 2 nitrogen and oxygen atoms in total. The van der Waals surface area contributed by atoms with Crippen molar-refractivity contribution >= 4 is 49.1 Å². The maximum absolute atomic E-state index is 6.39. The topological polar surface area (TPSA) is 21.3 Å². The number of halogens is 3. The van der Waals surface area contributed by atoms with Crippen LogP contribution in [0, 0.1) is 6.92 Å². The minimum atomic E-state index is 0.489. The zero-order valence-electron chi connectivity index (χ0n) is 14.2. The van der Waals surface area contributed by atoms with Crippen LogP contribution in [0.2, 0.25) is 5.02 Å². The normalized spacial score (nSPS) is 10.6. The Balaban J connectivity index is 1.60. The average molecular weight is 496 g/mol. The predicted octanol–water partition coefficient (Wildman–Crippen LogP) is 7.36. The van der Waals surface area contributed by atoms with E-state index in [1.165, 1.54) is 5.56 Å². The molecule has 5 heteroatoms. The standard InChI is InChI=1S/C21H18Br2ClNO/c1-14-10-18(23)7-8-20(14)25-12-16-4-9-21(19(24)11-16)26-13-15-2-5-17(22)6-3-15/h2-11,25H,12-13H2,1H3. The van der Waals surface area contributed by atoms with Gasteiger partial charge in [0, 0.05) is 21.2 Å². The molecule has 1 N–H and O–H groups in total. The molecule has 134 valence electrons. The van der Waals surface area contributed by atoms with Crippen molar-refractivity contribution in [1.82, 2.24) is 0 Å². The molecule has 0 saturated heterocycles. The van der Waals surface area contributed by atoms with E-state index in [1.807, 2.05) is 48.5 Å². The molecular weight excluding hydrogens is 477 g/mol. The van der Waals surface area contributed by atoms with Crippen LogP contribution in [0.25, 0.3) is 0 Å². The van der Waals surface area contributed by atoms with E-state index >= 15 is 0 Å². The van der Waals surface area contributed by atoms with Crippen LogP contribution in [-0.2, 0) is 13.2 Å². The first-order valence-electron chi connectivity index (χ1n) is 8.17. The molecule has 0 aliphatic carbocycles. The highest BCUT2D eigenvalue weighted by molar-refractivity contribution is 9.10. The molecule has 3 rings (SSSR count). The van der Waals surface area contributed by atoms with Crippen LogP contribution < -0.4 is 10.1 Å². The summed E-state index contributed by atoms with van der Waals surface area (Å²) in [6.45, 7) is 3.27. The van der Waals surface area contributed by atoms with Gasteiger partial charge < -0.3 is 10.1 Å². The molecule has 0 aromatic heterocycles. The predicted molar refractivity (Wildman–Crippen MR) is 116 cm³/mol. The number of hydrogen-bond donors (Lipinski definition) is 1. The highest BCUT2D eigenvalue weighted by Gasteiger charge is 2.05. The number of nitrogens with one attached hydrogen (secondary N) is 1. The quantitative estimate of drug-likeness (QED) is 0.386. The van der Waals surface area contributed by atoms with Crippen molar-refractivity contribution in [1.29, 1.82) is 0 Å². The van der Waals surface area contributed by atoms with E-state index in [4.69, 9.17) is 16.3 Å². The lowest BCUT2D eigenvalue weighted by molar-refractivity contribution is 0.306. The zero-order chi connectivity index (χ0) is 18.5. The van der Waals surface area contributed by atoms with Gasteiger partial charge >= 0.3 is 0 Å². The van der Waals surface area contributed by atoms with Gasteiger partial charge in [-0.1, -0.05) is 61.7 Å². The highest BCUT2D eigenvalue weighted by atomic mass is 79.9. The van der Waals surface area contributed by atoms with Crippen molar-refractivity contribution in [3.05, 3.63) is 91.3 Å². The molecular formula is C21H18Br2ClNO. The minimum absolute atomic E-state index is 0.489. The Labute approximate surface area is 175 Å². The Hall–Kier alpha value is -1.49. The Morgan fingerprint density at radius 3 is 2.27 bits per heavy atom. The molecule has 0 amide bonds. The molecule has 0 aliphatic heterocycles. The summed E-state index contributed by atoms with van der Waals surface area (Å²) in [5, 5.41) is 4.06. The van der Waals surface area contributed by atoms with Gasteiger partial charge in [0.05, 0.1) is 5.02 Å². The summed E-state index contributed by atoms with van der Waals surface area (Å²) in [5.41, 5.74) is 4.51. The SMILES string of the molecule is Cc1cc(Br)ccc1NCc1ccc(OCc2ccc(Br)cc2)c(Cl)c1. The zero-order valence-corrected chi connectivity index (χ0v) is 18.2. The van der Waals surface area contributed by atoms with E-state index < -0.39 is 0 Å². The van der Waals surface area contributed by atoms with Crippen LogP contribution >= 0.6 is 43.5 Å². The van der Waals surface area contributed by atoms with E-state index in [-0.39, 0.29) is 0 Å². The summed E-state index contributed by atoms with van der Waals surface area (Å²) in [4.78, 5) is 0. The summed E-state index contributed by atoms with van der Waals surface area (Å²) < 4.78 is 7.97. The first-order chi connectivity index (χ1) is 12.5. The molecule has 0 bridgehead atoms. The number of hydrogen-bond acceptors (Lipinski definition) is 2. The Morgan fingerprint density at radius 1 is 0.885 bits per heavy atom. The second-order valence-corrected chi connectivity index (χ2v) is 8.23. The van der Waals surface area contributed by atoms with Crippen LogP contribution in [0.5, 0.6) is 5.75 Å². The fraction of sp³-hybridized carbons (Fsp3) is 0.143. The van der Waals surface area contributed by atoms with E-state index in [2.05, 4.69) is 56.2 Å². The third-order valence-corrected chi connectivity index (χ3v) is 5.29. The lowest BCUT2D eigenvalue weighted by atomic mass is 10.1. The van der Waals surface area contributed by atoms with Gasteiger partial charge in [0.1, 0.15) is 12.4 Å². The molecule has 0 aliphatic rings. The van der Waals surface area contributed by atoms with Gasteiger partial charge in [-0.05, 0) is 66.1 Å². The van der Waals surface area contributed by atoms with E-state index in [0.29, 0.717) is 23.9 Å². The second kappa shape index (κ2) is 8.94. The summed E-state index contributed by atoms with van der Waals surface area (Å²) >= 11 is 13.3. The minimum Gasteiger partial charge on any atom is -0.487 e. The van der Waals surface area contributed by atoms with Gasteiger partial charge in [-0.15, -0.1) is 0 Å². The molecule has 26 heavy (non-hydrogen) atoms. The Bertz CT molecular complexity index is 897. The van der Waals surface area contributed by atoms with Crippen molar-refractivity contribution in [2.24, 2.45) is 0 Å². The lowest BCUT2D eigenvalue weighted by Crippen LogP contribution is -2.02. The average Bonchev–Trinajstić information content (AvgIpc) is 2.61. The number of aryl methyl sites for hydroxylation is 1. The van der Waals surface area contributed by atoms with Gasteiger partial charge in [0.2, 0.25) is 0 Å². The molecule has 0 heterocycles. The van der Waals surface area contributed by atoms with Gasteiger partial charge in [0.25, 0.3) is 0 Å². The molecule has 0 radical (unpaired) electrons. The highest BCUT2D eigenvalue weighted by Crippen LogP contribution is 2.27. The fourth-order valence-corrected chi connectivity index (χ4v) is 3.53. The van der Waals surface area contributed by atoms with Crippen LogP contribution in [0.1, 0.15) is 16.7 Å². The first-order valence-corrected chi connectivity index (χ1v) is 10.1. The van der Waals surface area contributed by atoms with Gasteiger partial charge in [-0.2, -0.15) is 0 Å². The largest absolute Gasteiger partial charge is 0.487 e. The number of benzene rings is 3. The molecule has 3 aromatic carbocycles. The first kappa shape index (κ1) is 19.3. The number of ether oxygens (including phenoxy) is 1. The second-order valence-electron chi connectivity index (χ2n) is 5.99. The maximum atomic E-state index is 6.39. The van der Waals surface area contributed by atoms with E-state index in [1.54, 1.807) is 0 Å². The summed E-state index contributed by atoms with van der Waals surface area (Å²) in [5.74, 6) is 0.693. The van der Waals surface area contributed by atoms with Gasteiger partial charge in [-0.25, -0.2) is 0 Å². The van der Waals surface area contributed by atoms with Crippen molar-refractivity contribution in [2.45, 2.75) is 20.1 Å². The summed E-state index contributed by atoms with van der Waals surface area (Å²) in [6, 6.07) is 20.1. The van der Waals surface area contributed by atoms with E-state index in [9.17, 15) is 0 Å². The van der Waals surface area contributed by atoms with E-state index in [0.717, 1.165) is 25.8 Å². The third kappa shape index (κ3) is 5.26. The fourth-order valence-electron chi connectivity index (χ4n) is 2.54. The van der Waals surface area contributed by atoms with Gasteiger partial charge in [-0.3, -0.25) is 0 Å². The number of anilines is 1. The van der Waals surface area contributed by atoms with Crippen LogP contribution in [0.4, 0.5) is 5.69 Å². The van der Waals surface area contributed by atoms with Crippen LogP contribution in [0.15, 0.2) is 69.6 Å². The Morgan fingerprint density at radius 2 is 1.58 bits per heavy atom. The van der Waals surface area contributed by atoms with Crippen molar-refractivity contribution in [2.75, 3.05) is 5.32 Å². The van der Waals surface area contributed by atoms with Crippen molar-refractivity contribution < 1.29 is 4.74 Å². The molecule has 0 spiro atoms. The summed E-state index contributed by atoms with van der Waals surface area (Å²) in [7, 11) is 0. The molecule has 0 unspecified atom stereocenters. The van der Waals surface area contributed by atoms with Crippen LogP contribution in [-0.4, -0.2) is 0 Å². The molecule has 0 fully saturated rings. The maximum Gasteiger partial charge on any atom is 0.138 e. The van der Waals surface area contributed by atoms with Gasteiger partial charge in [0.15, 0.2) is 0 Å². The monoisotopic (exact) mass is 493 g/mol. The smallest absolute Gasteiger partial charge is 0.138 e. The Kier molecular flexibility index (Phi) is 6.63. The lowest BCUT2D eigenvalue weighted by Gasteiger charge is -2.12. The summed E-state index contributed by atoms with van der Waals surface area (Å²) in [6.07, 6.45) is 0. The van der Waals surface area contributed by atoms with Crippen molar-refractivity contribution in [3.63, 3.8) is 0 Å². The molecule has 3 aromatic rings. The molecule has 0 atom stereocenters. The number of rotatable bonds is 6. The van der Waals surface area contributed by atoms with Crippen LogP contribution in [0.3, 0.4) is 0 Å².